The third kappa shape index (κ3) is 9.14. The second kappa shape index (κ2) is 18.3. The Kier molecular flexibility index (Phi) is 14.1. The lowest BCUT2D eigenvalue weighted by Gasteiger charge is -2.59. The van der Waals surface area contributed by atoms with Crippen molar-refractivity contribution in [2.75, 3.05) is 33.5 Å². The highest BCUT2D eigenvalue weighted by atomic mass is 16.7. The molecule has 3 aliphatic carbocycles. The van der Waals surface area contributed by atoms with Crippen molar-refractivity contribution in [1.82, 2.24) is 4.90 Å². The number of carbonyl (C=O) groups excluding carboxylic acids is 1. The zero-order chi connectivity index (χ0) is 37.3. The van der Waals surface area contributed by atoms with Crippen LogP contribution in [0.1, 0.15) is 116 Å². The highest BCUT2D eigenvalue weighted by Gasteiger charge is 2.65. The molecule has 2 saturated carbocycles. The summed E-state index contributed by atoms with van der Waals surface area (Å²) in [6, 6.07) is 5.53. The predicted octanol–water partition coefficient (Wildman–Crippen LogP) is 8.11. The van der Waals surface area contributed by atoms with Crippen LogP contribution in [0.4, 0.5) is 0 Å². The van der Waals surface area contributed by atoms with Crippen LogP contribution in [0.25, 0.3) is 0 Å². The van der Waals surface area contributed by atoms with Crippen LogP contribution in [0.15, 0.2) is 60.3 Å². The molecule has 2 fully saturated rings. The average Bonchev–Trinajstić information content (AvgIpc) is 3.66. The van der Waals surface area contributed by atoms with E-state index in [0.717, 1.165) is 66.9 Å². The molecule has 1 aliphatic heterocycles. The van der Waals surface area contributed by atoms with E-state index >= 15 is 0 Å². The van der Waals surface area contributed by atoms with Gasteiger partial charge >= 0.3 is 0 Å². The van der Waals surface area contributed by atoms with E-state index in [9.17, 15) is 15.0 Å². The van der Waals surface area contributed by atoms with Crippen molar-refractivity contribution >= 4 is 11.6 Å². The highest BCUT2D eigenvalue weighted by Crippen LogP contribution is 2.62. The molecule has 1 amide bonds. The number of oxime groups is 1. The number of amides is 1. The fourth-order valence-corrected chi connectivity index (χ4v) is 9.14. The van der Waals surface area contributed by atoms with Crippen molar-refractivity contribution < 1.29 is 34.1 Å². The molecule has 2 N–H and O–H groups in total. The molecule has 1 aromatic rings. The van der Waals surface area contributed by atoms with E-state index < -0.39 is 17.4 Å². The lowest BCUT2D eigenvalue weighted by Crippen LogP contribution is -2.69. The number of likely N-dealkylation sites (N-methyl/N-ethyl adjacent to an activating group) is 1. The van der Waals surface area contributed by atoms with Crippen molar-refractivity contribution in [3.63, 3.8) is 0 Å². The zero-order valence-electron chi connectivity index (χ0n) is 32.2. The number of carbonyl (C=O) groups is 1. The van der Waals surface area contributed by atoms with E-state index in [1.807, 2.05) is 44.9 Å². The lowest BCUT2D eigenvalue weighted by molar-refractivity contribution is -0.255. The van der Waals surface area contributed by atoms with Crippen molar-refractivity contribution in [1.29, 1.82) is 0 Å². The third-order valence-electron chi connectivity index (χ3n) is 11.5. The number of hydrogen-bond acceptors (Lipinski definition) is 8. The first kappa shape index (κ1) is 40.1. The van der Waals surface area contributed by atoms with E-state index in [-0.39, 0.29) is 49.4 Å². The van der Waals surface area contributed by atoms with Gasteiger partial charge in [-0.25, -0.2) is 0 Å². The van der Waals surface area contributed by atoms with Crippen LogP contribution in [0.2, 0.25) is 0 Å². The lowest BCUT2D eigenvalue weighted by atomic mass is 9.55. The number of hydrogen-bond donors (Lipinski definition) is 2. The third-order valence-corrected chi connectivity index (χ3v) is 11.5. The Morgan fingerprint density at radius 3 is 2.42 bits per heavy atom. The second-order valence-corrected chi connectivity index (χ2v) is 16.3. The molecular weight excluding hydrogens is 656 g/mol. The van der Waals surface area contributed by atoms with Gasteiger partial charge < -0.3 is 34.2 Å². The summed E-state index contributed by atoms with van der Waals surface area (Å²) in [4.78, 5) is 22.3. The Morgan fingerprint density at radius 2 is 1.75 bits per heavy atom. The van der Waals surface area contributed by atoms with E-state index in [0.29, 0.717) is 31.8 Å². The van der Waals surface area contributed by atoms with Gasteiger partial charge in [-0.3, -0.25) is 4.79 Å². The van der Waals surface area contributed by atoms with E-state index in [2.05, 4.69) is 25.3 Å². The SMILES string of the molecule is C=CCOc1ccc2c(c1)C1C(CCCCO)C(CCCCO)C=C3C(=NOC(C)(C)C)CC(N(C)C(=O)CCC4CCCC4)C(OCC=C)(O2)C31. The molecule has 0 aromatic heterocycles. The van der Waals surface area contributed by atoms with Gasteiger partial charge in [0, 0.05) is 44.6 Å². The first-order chi connectivity index (χ1) is 25.1. The predicted molar refractivity (Wildman–Crippen MR) is 205 cm³/mol. The Balaban J connectivity index is 1.71. The summed E-state index contributed by atoms with van der Waals surface area (Å²) in [6.45, 7) is 14.7. The van der Waals surface area contributed by atoms with Gasteiger partial charge in [-0.15, -0.1) is 6.58 Å². The first-order valence-corrected chi connectivity index (χ1v) is 19.8. The number of aliphatic hydroxyl groups is 2. The second-order valence-electron chi connectivity index (χ2n) is 16.3. The Labute approximate surface area is 312 Å². The minimum atomic E-state index is -1.23. The van der Waals surface area contributed by atoms with Crippen LogP contribution in [-0.2, 0) is 14.4 Å². The smallest absolute Gasteiger partial charge is 0.239 e. The number of rotatable bonds is 19. The van der Waals surface area contributed by atoms with Crippen LogP contribution in [0, 0.1) is 23.7 Å². The summed E-state index contributed by atoms with van der Waals surface area (Å²) < 4.78 is 20.3. The summed E-state index contributed by atoms with van der Waals surface area (Å²) in [5.41, 5.74) is 2.38. The van der Waals surface area contributed by atoms with Crippen molar-refractivity contribution in [3.05, 3.63) is 60.7 Å². The molecule has 0 radical (unpaired) electrons. The molecule has 0 bridgehead atoms. The number of fused-ring (bicyclic) bond motifs is 2. The number of allylic oxidation sites excluding steroid dienone is 1. The normalized spacial score (nSPS) is 27.6. The average molecular weight is 721 g/mol. The van der Waals surface area contributed by atoms with Gasteiger partial charge in [0.25, 0.3) is 0 Å². The number of aliphatic hydroxyl groups excluding tert-OH is 2. The summed E-state index contributed by atoms with van der Waals surface area (Å²) in [6.07, 6.45) is 17.5. The van der Waals surface area contributed by atoms with Crippen molar-refractivity contribution in [2.45, 2.75) is 128 Å². The summed E-state index contributed by atoms with van der Waals surface area (Å²) >= 11 is 0. The van der Waals surface area contributed by atoms with Crippen molar-refractivity contribution in [3.8, 4) is 11.5 Å². The van der Waals surface area contributed by atoms with Crippen LogP contribution < -0.4 is 9.47 Å². The Morgan fingerprint density at radius 1 is 1.04 bits per heavy atom. The molecule has 9 nitrogen and oxygen atoms in total. The minimum absolute atomic E-state index is 0.0803. The van der Waals surface area contributed by atoms with Gasteiger partial charge in [0.15, 0.2) is 0 Å². The number of nitrogens with zero attached hydrogens (tertiary/aromatic N) is 2. The molecule has 5 rings (SSSR count). The number of ether oxygens (including phenoxy) is 3. The molecule has 6 unspecified atom stereocenters. The molecule has 1 aromatic carbocycles. The standard InChI is InChI=1S/C43H64N2O7/c1-7-25-49-32-20-21-37-35(28-32)40-33(18-12-14-24-47)31(17-11-13-23-46)27-34-36(44-52-42(3,4)5)29-38(43(51-37,41(34)40)50-26-8-2)45(6)39(48)22-19-30-15-9-10-16-30/h7-8,20-21,27-28,30-31,33,38,40-41,46-47H,1-2,9-19,22-26,29H2,3-6H3. The van der Waals surface area contributed by atoms with Crippen molar-refractivity contribution in [2.24, 2.45) is 28.8 Å². The maximum absolute atomic E-state index is 14.2. The van der Waals surface area contributed by atoms with Crippen LogP contribution >= 0.6 is 0 Å². The summed E-state index contributed by atoms with van der Waals surface area (Å²) in [7, 11) is 1.90. The molecule has 0 saturated heterocycles. The molecule has 9 heteroatoms. The fraction of sp³-hybridized carbons (Fsp3) is 0.674. The quantitative estimate of drug-likeness (QED) is 0.0844. The molecule has 288 valence electrons. The minimum Gasteiger partial charge on any atom is -0.490 e. The van der Waals surface area contributed by atoms with Crippen LogP contribution in [0.3, 0.4) is 0 Å². The first-order valence-electron chi connectivity index (χ1n) is 19.8. The molecule has 52 heavy (non-hydrogen) atoms. The number of benzene rings is 1. The Bertz CT molecular complexity index is 1430. The maximum atomic E-state index is 14.2. The maximum Gasteiger partial charge on any atom is 0.239 e. The van der Waals surface area contributed by atoms with Crippen LogP contribution in [-0.4, -0.2) is 77.6 Å². The molecule has 4 aliphatic rings. The van der Waals surface area contributed by atoms with Gasteiger partial charge in [-0.05, 0) is 94.4 Å². The highest BCUT2D eigenvalue weighted by molar-refractivity contribution is 6.03. The molecule has 1 heterocycles. The molecule has 0 spiro atoms. The molecular formula is C43H64N2O7. The van der Waals surface area contributed by atoms with E-state index in [4.69, 9.17) is 24.2 Å². The van der Waals surface area contributed by atoms with Gasteiger partial charge in [0.2, 0.25) is 11.7 Å². The van der Waals surface area contributed by atoms with E-state index in [1.54, 1.807) is 12.2 Å². The number of unbranched alkanes of at least 4 members (excludes halogenated alkanes) is 2. The van der Waals surface area contributed by atoms with Crippen LogP contribution in [0.5, 0.6) is 11.5 Å². The fourth-order valence-electron chi connectivity index (χ4n) is 9.14. The zero-order valence-corrected chi connectivity index (χ0v) is 32.2. The van der Waals surface area contributed by atoms with E-state index in [1.165, 1.54) is 25.7 Å². The van der Waals surface area contributed by atoms with Gasteiger partial charge in [-0.1, -0.05) is 68.5 Å². The topological polar surface area (TPSA) is 110 Å². The largest absolute Gasteiger partial charge is 0.490 e. The summed E-state index contributed by atoms with van der Waals surface area (Å²) in [5.74, 6) is 0.838. The summed E-state index contributed by atoms with van der Waals surface area (Å²) in [5, 5.41) is 24.5. The Hall–Kier alpha value is -3.14. The van der Waals surface area contributed by atoms with Gasteiger partial charge in [-0.2, -0.15) is 0 Å². The molecule has 6 atom stereocenters. The van der Waals surface area contributed by atoms with Gasteiger partial charge in [0.1, 0.15) is 29.7 Å². The van der Waals surface area contributed by atoms with Gasteiger partial charge in [0.05, 0.1) is 18.2 Å². The monoisotopic (exact) mass is 720 g/mol.